The minimum Gasteiger partial charge on any atom is -0.378 e. The molecular formula is C30H33N5S. The maximum absolute atomic E-state index is 5.93. The number of hydrogen-bond acceptors (Lipinski definition) is 3. The predicted octanol–water partition coefficient (Wildman–Crippen LogP) is 6.29. The molecule has 36 heavy (non-hydrogen) atoms. The molecule has 0 spiro atoms. The molecule has 1 N–H and O–H groups in total. The Morgan fingerprint density at radius 3 is 2.25 bits per heavy atom. The maximum Gasteiger partial charge on any atom is 0.174 e. The Bertz CT molecular complexity index is 1360. The molecule has 1 fully saturated rings. The molecule has 0 unspecified atom stereocenters. The quantitative estimate of drug-likeness (QED) is 0.318. The van der Waals surface area contributed by atoms with Gasteiger partial charge in [0.05, 0.1) is 17.8 Å². The second kappa shape index (κ2) is 9.78. The van der Waals surface area contributed by atoms with Crippen molar-refractivity contribution >= 4 is 28.7 Å². The Morgan fingerprint density at radius 2 is 1.64 bits per heavy atom. The van der Waals surface area contributed by atoms with Crippen molar-refractivity contribution in [1.29, 1.82) is 0 Å². The number of hydrogen-bond donors (Lipinski definition) is 1. The highest BCUT2D eigenvalue weighted by atomic mass is 32.1. The number of benzene rings is 2. The van der Waals surface area contributed by atoms with E-state index in [9.17, 15) is 0 Å². The second-order valence-electron chi connectivity index (χ2n) is 9.59. The van der Waals surface area contributed by atoms with Gasteiger partial charge >= 0.3 is 0 Å². The Balaban J connectivity index is 1.63. The van der Waals surface area contributed by atoms with Crippen LogP contribution in [0.15, 0.2) is 79.0 Å². The van der Waals surface area contributed by atoms with Crippen LogP contribution in [-0.4, -0.2) is 28.8 Å². The lowest BCUT2D eigenvalue weighted by Gasteiger charge is -2.28. The zero-order valence-corrected chi connectivity index (χ0v) is 22.4. The molecule has 6 heteroatoms. The molecule has 0 radical (unpaired) electrons. The number of pyridine rings is 1. The van der Waals surface area contributed by atoms with Crippen LogP contribution in [0.2, 0.25) is 0 Å². The summed E-state index contributed by atoms with van der Waals surface area (Å²) in [6.07, 6.45) is 2.86. The summed E-state index contributed by atoms with van der Waals surface area (Å²) >= 11 is 5.93. The van der Waals surface area contributed by atoms with Gasteiger partial charge in [-0.3, -0.25) is 4.98 Å². The molecule has 3 heterocycles. The Kier molecular flexibility index (Phi) is 6.54. The van der Waals surface area contributed by atoms with E-state index in [-0.39, 0.29) is 12.1 Å². The first-order valence-corrected chi connectivity index (χ1v) is 12.9. The van der Waals surface area contributed by atoms with Gasteiger partial charge in [-0.1, -0.05) is 25.1 Å². The third-order valence-electron chi connectivity index (χ3n) is 7.13. The Labute approximate surface area is 219 Å². The zero-order valence-electron chi connectivity index (χ0n) is 21.6. The molecule has 2 atom stereocenters. The first-order valence-electron chi connectivity index (χ1n) is 12.4. The molecule has 0 saturated carbocycles. The monoisotopic (exact) mass is 495 g/mol. The molecule has 184 valence electrons. The summed E-state index contributed by atoms with van der Waals surface area (Å²) in [4.78, 5) is 9.09. The van der Waals surface area contributed by atoms with Crippen molar-refractivity contribution in [2.24, 2.45) is 0 Å². The summed E-state index contributed by atoms with van der Waals surface area (Å²) in [5, 5.41) is 4.31. The molecule has 5 rings (SSSR count). The van der Waals surface area contributed by atoms with Crippen LogP contribution in [0.1, 0.15) is 47.2 Å². The van der Waals surface area contributed by atoms with E-state index in [4.69, 9.17) is 17.2 Å². The fraction of sp³-hybridized carbons (Fsp3) is 0.267. The Hall–Kier alpha value is -3.64. The van der Waals surface area contributed by atoms with Crippen molar-refractivity contribution in [2.45, 2.75) is 39.3 Å². The van der Waals surface area contributed by atoms with E-state index < -0.39 is 0 Å². The van der Waals surface area contributed by atoms with Crippen LogP contribution in [0.25, 0.3) is 5.69 Å². The topological polar surface area (TPSA) is 36.3 Å². The maximum atomic E-state index is 5.93. The molecule has 2 aromatic carbocycles. The summed E-state index contributed by atoms with van der Waals surface area (Å²) in [5.74, 6) is 0. The van der Waals surface area contributed by atoms with E-state index >= 15 is 0 Å². The van der Waals surface area contributed by atoms with Gasteiger partial charge in [-0.25, -0.2) is 0 Å². The number of nitrogens with one attached hydrogen (secondary N) is 1. The number of thiocarbonyl (C=S) groups is 1. The molecule has 0 bridgehead atoms. The zero-order chi connectivity index (χ0) is 25.4. The second-order valence-corrected chi connectivity index (χ2v) is 9.98. The number of anilines is 2. The molecule has 0 amide bonds. The van der Waals surface area contributed by atoms with Crippen LogP contribution in [0.3, 0.4) is 0 Å². The van der Waals surface area contributed by atoms with Gasteiger partial charge in [-0.05, 0) is 98.2 Å². The summed E-state index contributed by atoms with van der Waals surface area (Å²) in [6, 6.07) is 25.7. The molecule has 4 aromatic rings. The third kappa shape index (κ3) is 4.26. The summed E-state index contributed by atoms with van der Waals surface area (Å²) in [7, 11) is 4.13. The van der Waals surface area contributed by atoms with E-state index in [0.29, 0.717) is 0 Å². The highest BCUT2D eigenvalue weighted by Gasteiger charge is 2.42. The summed E-state index contributed by atoms with van der Waals surface area (Å²) < 4.78 is 2.34. The number of aryl methyl sites for hydroxylation is 2. The van der Waals surface area contributed by atoms with Gasteiger partial charge in [0, 0.05) is 48.7 Å². The number of rotatable bonds is 6. The lowest BCUT2D eigenvalue weighted by molar-refractivity contribution is 0.565. The van der Waals surface area contributed by atoms with E-state index in [2.05, 4.69) is 115 Å². The minimum atomic E-state index is -0.0605. The predicted molar refractivity (Wildman–Crippen MR) is 153 cm³/mol. The van der Waals surface area contributed by atoms with Crippen molar-refractivity contribution in [1.82, 2.24) is 14.9 Å². The molecule has 1 aliphatic rings. The molecule has 0 aliphatic carbocycles. The van der Waals surface area contributed by atoms with Gasteiger partial charge in [-0.15, -0.1) is 0 Å². The van der Waals surface area contributed by atoms with E-state index in [1.165, 1.54) is 28.2 Å². The standard InChI is InChI=1S/C30H33N5S/c1-6-22-10-12-25(13-11-22)35-29(28(32-30(35)36)27-9-7-8-18-31-27)26-19-20(2)34(21(26)3)24-16-14-23(15-17-24)33(4)5/h7-19,28-29H,6H2,1-5H3,(H,32,36)/t28-,29+/m0/s1. The van der Waals surface area contributed by atoms with Crippen LogP contribution in [0, 0.1) is 13.8 Å². The molecule has 5 nitrogen and oxygen atoms in total. The largest absolute Gasteiger partial charge is 0.378 e. The molecule has 1 saturated heterocycles. The first-order chi connectivity index (χ1) is 17.4. The van der Waals surface area contributed by atoms with Gasteiger partial charge in [-0.2, -0.15) is 0 Å². The van der Waals surface area contributed by atoms with Crippen LogP contribution < -0.4 is 15.1 Å². The van der Waals surface area contributed by atoms with E-state index in [1.54, 1.807) is 0 Å². The molecule has 2 aromatic heterocycles. The highest BCUT2D eigenvalue weighted by molar-refractivity contribution is 7.80. The van der Waals surface area contributed by atoms with Crippen LogP contribution >= 0.6 is 12.2 Å². The van der Waals surface area contributed by atoms with Gasteiger partial charge in [0.25, 0.3) is 0 Å². The highest BCUT2D eigenvalue weighted by Crippen LogP contribution is 2.43. The average Bonchev–Trinajstić information content (AvgIpc) is 3.39. The summed E-state index contributed by atoms with van der Waals surface area (Å²) in [5.41, 5.74) is 9.37. The third-order valence-corrected chi connectivity index (χ3v) is 7.45. The minimum absolute atomic E-state index is 0.0270. The SMILES string of the molecule is CCc1ccc(N2C(=S)N[C@@H](c3ccccn3)[C@H]2c2cc(C)n(-c3ccc(N(C)C)cc3)c2C)cc1. The average molecular weight is 496 g/mol. The van der Waals surface area contributed by atoms with Gasteiger partial charge < -0.3 is 19.7 Å². The van der Waals surface area contributed by atoms with Crippen molar-refractivity contribution in [3.05, 3.63) is 107 Å². The van der Waals surface area contributed by atoms with Gasteiger partial charge in [0.1, 0.15) is 0 Å². The fourth-order valence-electron chi connectivity index (χ4n) is 5.23. The van der Waals surface area contributed by atoms with Crippen molar-refractivity contribution in [3.8, 4) is 5.69 Å². The van der Waals surface area contributed by atoms with Crippen molar-refractivity contribution < 1.29 is 0 Å². The number of nitrogens with zero attached hydrogens (tertiary/aromatic N) is 4. The van der Waals surface area contributed by atoms with E-state index in [1.807, 2.05) is 18.3 Å². The molecule has 1 aliphatic heterocycles. The van der Waals surface area contributed by atoms with Crippen LogP contribution in [0.4, 0.5) is 11.4 Å². The van der Waals surface area contributed by atoms with Gasteiger partial charge in [0.15, 0.2) is 5.11 Å². The smallest absolute Gasteiger partial charge is 0.174 e. The lowest BCUT2D eigenvalue weighted by atomic mass is 9.96. The Morgan fingerprint density at radius 1 is 0.944 bits per heavy atom. The van der Waals surface area contributed by atoms with Crippen LogP contribution in [-0.2, 0) is 6.42 Å². The van der Waals surface area contributed by atoms with Gasteiger partial charge in [0.2, 0.25) is 0 Å². The lowest BCUT2D eigenvalue weighted by Crippen LogP contribution is -2.29. The number of aromatic nitrogens is 2. The summed E-state index contributed by atoms with van der Waals surface area (Å²) in [6.45, 7) is 6.56. The fourth-order valence-corrected chi connectivity index (χ4v) is 5.57. The van der Waals surface area contributed by atoms with Crippen molar-refractivity contribution in [3.63, 3.8) is 0 Å². The normalized spacial score (nSPS) is 17.4. The van der Waals surface area contributed by atoms with E-state index in [0.717, 1.165) is 28.6 Å². The van der Waals surface area contributed by atoms with Crippen molar-refractivity contribution in [2.75, 3.05) is 23.9 Å². The first kappa shape index (κ1) is 24.1. The van der Waals surface area contributed by atoms with Crippen LogP contribution in [0.5, 0.6) is 0 Å². The molecular weight excluding hydrogens is 462 g/mol.